The van der Waals surface area contributed by atoms with Crippen LogP contribution < -0.4 is 10.6 Å². The molecular formula is C27H36IN5O. The summed E-state index contributed by atoms with van der Waals surface area (Å²) in [5.74, 6) is 1.28. The van der Waals surface area contributed by atoms with Crippen LogP contribution >= 0.6 is 24.0 Å². The number of nitrogens with one attached hydrogen (secondary N) is 2. The van der Waals surface area contributed by atoms with Crippen molar-refractivity contribution in [2.75, 3.05) is 19.7 Å². The normalized spacial score (nSPS) is 18.2. The van der Waals surface area contributed by atoms with Crippen LogP contribution in [0.2, 0.25) is 0 Å². The Morgan fingerprint density at radius 2 is 1.85 bits per heavy atom. The first-order valence-corrected chi connectivity index (χ1v) is 11.9. The summed E-state index contributed by atoms with van der Waals surface area (Å²) in [4.78, 5) is 8.92. The van der Waals surface area contributed by atoms with Crippen molar-refractivity contribution in [3.63, 3.8) is 0 Å². The van der Waals surface area contributed by atoms with Crippen molar-refractivity contribution >= 4 is 29.9 Å². The zero-order valence-corrected chi connectivity index (χ0v) is 22.4. The van der Waals surface area contributed by atoms with E-state index in [1.807, 2.05) is 12.5 Å². The lowest BCUT2D eigenvalue weighted by Gasteiger charge is -2.32. The Hall–Kier alpha value is -2.39. The van der Waals surface area contributed by atoms with E-state index in [1.54, 1.807) is 6.20 Å². The van der Waals surface area contributed by atoms with Gasteiger partial charge in [-0.1, -0.05) is 54.1 Å². The van der Waals surface area contributed by atoms with E-state index in [4.69, 9.17) is 9.73 Å². The molecule has 0 aliphatic carbocycles. The van der Waals surface area contributed by atoms with Crippen molar-refractivity contribution < 1.29 is 4.74 Å². The standard InChI is InChI=1S/C27H35N5O.HI/c1-3-29-27(30-17-22-8-10-23(11-9-22)19-32-15-14-28-20-32)31-18-25-5-4-16-33-26(25)24-12-6-21(2)7-13-24;/h6-15,20,25-26H,3-5,16-19H2,1-2H3,(H2,29,30,31);1H. The first kappa shape index (κ1) is 26.2. The molecule has 182 valence electrons. The van der Waals surface area contributed by atoms with E-state index in [0.29, 0.717) is 12.5 Å². The number of nitrogens with zero attached hydrogens (tertiary/aromatic N) is 3. The van der Waals surface area contributed by atoms with Gasteiger partial charge < -0.3 is 19.9 Å². The molecule has 2 N–H and O–H groups in total. The third kappa shape index (κ3) is 7.56. The summed E-state index contributed by atoms with van der Waals surface area (Å²) in [5.41, 5.74) is 5.00. The summed E-state index contributed by atoms with van der Waals surface area (Å²) < 4.78 is 8.25. The van der Waals surface area contributed by atoms with Gasteiger partial charge in [-0.05, 0) is 43.4 Å². The van der Waals surface area contributed by atoms with Gasteiger partial charge in [-0.25, -0.2) is 9.98 Å². The molecule has 1 aliphatic heterocycles. The minimum absolute atomic E-state index is 0. The van der Waals surface area contributed by atoms with Gasteiger partial charge in [-0.15, -0.1) is 24.0 Å². The second kappa shape index (κ2) is 13.5. The molecule has 0 saturated carbocycles. The SMILES string of the molecule is CCNC(=NCc1ccc(Cn2ccnc2)cc1)NCC1CCCOC1c1ccc(C)cc1.I. The Morgan fingerprint density at radius 1 is 1.09 bits per heavy atom. The van der Waals surface area contributed by atoms with Gasteiger partial charge in [0.25, 0.3) is 0 Å². The molecule has 2 atom stereocenters. The third-order valence-corrected chi connectivity index (χ3v) is 6.09. The Labute approximate surface area is 220 Å². The molecule has 34 heavy (non-hydrogen) atoms. The molecule has 1 fully saturated rings. The molecular weight excluding hydrogens is 537 g/mol. The maximum absolute atomic E-state index is 6.18. The van der Waals surface area contributed by atoms with Crippen LogP contribution in [0.15, 0.2) is 72.2 Å². The monoisotopic (exact) mass is 573 g/mol. The molecule has 3 aromatic rings. The lowest BCUT2D eigenvalue weighted by Crippen LogP contribution is -2.42. The fourth-order valence-corrected chi connectivity index (χ4v) is 4.26. The maximum atomic E-state index is 6.18. The van der Waals surface area contributed by atoms with E-state index >= 15 is 0 Å². The highest BCUT2D eigenvalue weighted by atomic mass is 127. The van der Waals surface area contributed by atoms with E-state index < -0.39 is 0 Å². The number of aryl methyl sites for hydroxylation is 1. The number of imidazole rings is 1. The van der Waals surface area contributed by atoms with E-state index in [1.165, 1.54) is 22.3 Å². The molecule has 1 aliphatic rings. The largest absolute Gasteiger partial charge is 0.373 e. The van der Waals surface area contributed by atoms with Gasteiger partial charge in [0.1, 0.15) is 0 Å². The van der Waals surface area contributed by atoms with Gasteiger partial charge >= 0.3 is 0 Å². The number of halogens is 1. The molecule has 0 radical (unpaired) electrons. The maximum Gasteiger partial charge on any atom is 0.191 e. The average molecular weight is 574 g/mol. The Kier molecular flexibility index (Phi) is 10.4. The molecule has 0 amide bonds. The number of guanidine groups is 1. The Morgan fingerprint density at radius 3 is 2.56 bits per heavy atom. The highest BCUT2D eigenvalue weighted by Crippen LogP contribution is 2.33. The van der Waals surface area contributed by atoms with E-state index in [0.717, 1.165) is 45.0 Å². The molecule has 2 aromatic carbocycles. The van der Waals surface area contributed by atoms with Crippen LogP contribution in [0.1, 0.15) is 48.1 Å². The number of hydrogen-bond donors (Lipinski definition) is 2. The number of rotatable bonds is 8. The van der Waals surface area contributed by atoms with Crippen molar-refractivity contribution in [2.45, 2.75) is 45.9 Å². The molecule has 0 bridgehead atoms. The zero-order valence-electron chi connectivity index (χ0n) is 20.1. The minimum atomic E-state index is 0. The van der Waals surface area contributed by atoms with Gasteiger partial charge in [-0.2, -0.15) is 0 Å². The van der Waals surface area contributed by atoms with Crippen molar-refractivity contribution in [1.29, 1.82) is 0 Å². The Balaban J connectivity index is 0.00000324. The number of benzene rings is 2. The van der Waals surface area contributed by atoms with Crippen LogP contribution in [-0.2, 0) is 17.8 Å². The lowest BCUT2D eigenvalue weighted by molar-refractivity contribution is -0.0265. The summed E-state index contributed by atoms with van der Waals surface area (Å²) in [6, 6.07) is 17.4. The molecule has 6 nitrogen and oxygen atoms in total. The van der Waals surface area contributed by atoms with E-state index in [2.05, 4.69) is 82.6 Å². The highest BCUT2D eigenvalue weighted by molar-refractivity contribution is 14.0. The van der Waals surface area contributed by atoms with Crippen LogP contribution in [0.4, 0.5) is 0 Å². The minimum Gasteiger partial charge on any atom is -0.373 e. The fourth-order valence-electron chi connectivity index (χ4n) is 4.26. The average Bonchev–Trinajstić information content (AvgIpc) is 3.36. The van der Waals surface area contributed by atoms with Gasteiger partial charge in [0.15, 0.2) is 5.96 Å². The van der Waals surface area contributed by atoms with E-state index in [9.17, 15) is 0 Å². The van der Waals surface area contributed by atoms with Gasteiger partial charge in [0, 0.05) is 44.6 Å². The first-order valence-electron chi connectivity index (χ1n) is 11.9. The highest BCUT2D eigenvalue weighted by Gasteiger charge is 2.27. The predicted molar refractivity (Wildman–Crippen MR) is 149 cm³/mol. The molecule has 1 aromatic heterocycles. The number of aliphatic imine (C=N–C) groups is 1. The predicted octanol–water partition coefficient (Wildman–Crippen LogP) is 5.08. The molecule has 7 heteroatoms. The lowest BCUT2D eigenvalue weighted by atomic mass is 9.89. The molecule has 0 spiro atoms. The zero-order chi connectivity index (χ0) is 22.9. The third-order valence-electron chi connectivity index (χ3n) is 6.09. The quantitative estimate of drug-likeness (QED) is 0.224. The van der Waals surface area contributed by atoms with Crippen molar-refractivity contribution in [2.24, 2.45) is 10.9 Å². The van der Waals surface area contributed by atoms with Gasteiger partial charge in [-0.3, -0.25) is 0 Å². The summed E-state index contributed by atoms with van der Waals surface area (Å²) in [6.07, 6.45) is 8.02. The van der Waals surface area contributed by atoms with E-state index in [-0.39, 0.29) is 30.1 Å². The fraction of sp³-hybridized carbons (Fsp3) is 0.407. The summed E-state index contributed by atoms with van der Waals surface area (Å²) in [5, 5.41) is 6.94. The van der Waals surface area contributed by atoms with Crippen LogP contribution in [0.5, 0.6) is 0 Å². The van der Waals surface area contributed by atoms with Crippen molar-refractivity contribution in [3.8, 4) is 0 Å². The molecule has 2 unspecified atom stereocenters. The smallest absolute Gasteiger partial charge is 0.191 e. The second-order valence-electron chi connectivity index (χ2n) is 8.73. The van der Waals surface area contributed by atoms with Crippen LogP contribution in [0.3, 0.4) is 0 Å². The number of hydrogen-bond acceptors (Lipinski definition) is 3. The summed E-state index contributed by atoms with van der Waals surface area (Å²) in [7, 11) is 0. The van der Waals surface area contributed by atoms with Crippen molar-refractivity contribution in [3.05, 3.63) is 89.5 Å². The van der Waals surface area contributed by atoms with Crippen LogP contribution in [0.25, 0.3) is 0 Å². The molecule has 1 saturated heterocycles. The number of aromatic nitrogens is 2. The van der Waals surface area contributed by atoms with Gasteiger partial charge in [0.2, 0.25) is 0 Å². The second-order valence-corrected chi connectivity index (χ2v) is 8.73. The van der Waals surface area contributed by atoms with Gasteiger partial charge in [0.05, 0.1) is 19.0 Å². The number of ether oxygens (including phenoxy) is 1. The summed E-state index contributed by atoms with van der Waals surface area (Å²) in [6.45, 7) is 8.20. The summed E-state index contributed by atoms with van der Waals surface area (Å²) >= 11 is 0. The molecule has 2 heterocycles. The van der Waals surface area contributed by atoms with Crippen LogP contribution in [0, 0.1) is 12.8 Å². The van der Waals surface area contributed by atoms with Crippen LogP contribution in [-0.4, -0.2) is 35.2 Å². The topological polar surface area (TPSA) is 63.5 Å². The van der Waals surface area contributed by atoms with Crippen molar-refractivity contribution in [1.82, 2.24) is 20.2 Å². The molecule has 4 rings (SSSR count). The first-order chi connectivity index (χ1) is 16.2. The Bertz CT molecular complexity index is 1000.